The van der Waals surface area contributed by atoms with Crippen LogP contribution in [-0.4, -0.2) is 45.3 Å². The molecular formula is C35H39N3O5. The minimum Gasteiger partial charge on any atom is -0.497 e. The highest BCUT2D eigenvalue weighted by Gasteiger charge is 2.34. The molecule has 1 unspecified atom stereocenters. The lowest BCUT2D eigenvalue weighted by molar-refractivity contribution is -0.143. The highest BCUT2D eigenvalue weighted by atomic mass is 16.5. The molecule has 1 saturated heterocycles. The number of piperidine rings is 1. The number of anilines is 2. The van der Waals surface area contributed by atoms with Crippen molar-refractivity contribution in [3.8, 4) is 17.6 Å². The summed E-state index contributed by atoms with van der Waals surface area (Å²) in [6, 6.07) is 22.7. The second kappa shape index (κ2) is 14.1. The van der Waals surface area contributed by atoms with Crippen LogP contribution in [0.4, 0.5) is 11.4 Å². The third kappa shape index (κ3) is 7.86. The van der Waals surface area contributed by atoms with Crippen molar-refractivity contribution in [3.63, 3.8) is 0 Å². The van der Waals surface area contributed by atoms with E-state index in [1.807, 2.05) is 25.1 Å². The van der Waals surface area contributed by atoms with Gasteiger partial charge in [0.15, 0.2) is 0 Å². The van der Waals surface area contributed by atoms with Crippen LogP contribution in [0.3, 0.4) is 0 Å². The molecule has 224 valence electrons. The van der Waals surface area contributed by atoms with Crippen molar-refractivity contribution < 1.29 is 23.8 Å². The largest absolute Gasteiger partial charge is 0.497 e. The van der Waals surface area contributed by atoms with Crippen LogP contribution in [0.15, 0.2) is 66.7 Å². The van der Waals surface area contributed by atoms with E-state index in [0.717, 1.165) is 55.8 Å². The summed E-state index contributed by atoms with van der Waals surface area (Å²) in [5.41, 5.74) is 3.60. The second-order valence-corrected chi connectivity index (χ2v) is 11.3. The third-order valence-electron chi connectivity index (χ3n) is 8.31. The van der Waals surface area contributed by atoms with Crippen LogP contribution in [0.5, 0.6) is 11.5 Å². The molecule has 2 aliphatic rings. The van der Waals surface area contributed by atoms with Crippen molar-refractivity contribution in [1.29, 1.82) is 5.26 Å². The number of esters is 1. The molecule has 5 rings (SSSR count). The van der Waals surface area contributed by atoms with E-state index in [4.69, 9.17) is 14.2 Å². The number of nitriles is 1. The maximum absolute atomic E-state index is 13.3. The lowest BCUT2D eigenvalue weighted by atomic mass is 9.91. The molecule has 1 amide bonds. The minimum absolute atomic E-state index is 0.137. The molecule has 1 saturated carbocycles. The summed E-state index contributed by atoms with van der Waals surface area (Å²) >= 11 is 0. The zero-order valence-electron chi connectivity index (χ0n) is 24.9. The van der Waals surface area contributed by atoms with E-state index in [1.54, 1.807) is 43.5 Å². The molecular weight excluding hydrogens is 542 g/mol. The molecule has 2 fully saturated rings. The molecule has 1 atom stereocenters. The van der Waals surface area contributed by atoms with Gasteiger partial charge < -0.3 is 24.4 Å². The predicted molar refractivity (Wildman–Crippen MR) is 166 cm³/mol. The van der Waals surface area contributed by atoms with Crippen LogP contribution in [0, 0.1) is 23.2 Å². The Balaban J connectivity index is 1.20. The van der Waals surface area contributed by atoms with Gasteiger partial charge in [-0.2, -0.15) is 5.26 Å². The lowest BCUT2D eigenvalue weighted by Gasteiger charge is -2.34. The van der Waals surface area contributed by atoms with Crippen LogP contribution in [-0.2, 0) is 9.53 Å². The molecule has 1 aliphatic carbocycles. The first kappa shape index (κ1) is 30.0. The minimum atomic E-state index is -0.231. The maximum atomic E-state index is 13.3. The number of carbonyl (C=O) groups excluding carboxylic acids is 2. The fourth-order valence-corrected chi connectivity index (χ4v) is 5.80. The van der Waals surface area contributed by atoms with Gasteiger partial charge in [-0.15, -0.1) is 0 Å². The standard InChI is InChI=1S/C35H39N3O5/c1-3-42-34(39)21-32(26-10-11-26)27-7-5-9-30(19-27)43-23-24-14-16-38(17-15-24)33-20-29(41-2)12-13-31(33)35(40)37-28-8-4-6-25(18-28)22-36/h4-9,12-13,18-20,24,26,32H,3,10-11,14-17,21,23H2,1-2H3,(H,37,40). The highest BCUT2D eigenvalue weighted by molar-refractivity contribution is 6.08. The number of methoxy groups -OCH3 is 1. The average Bonchev–Trinajstić information content (AvgIpc) is 3.88. The van der Waals surface area contributed by atoms with Gasteiger partial charge in [0, 0.05) is 24.8 Å². The fraction of sp³-hybridized carbons (Fsp3) is 0.400. The van der Waals surface area contributed by atoms with Crippen LogP contribution in [0.25, 0.3) is 0 Å². The number of nitrogens with one attached hydrogen (secondary N) is 1. The molecule has 3 aromatic rings. The van der Waals surface area contributed by atoms with Crippen molar-refractivity contribution in [1.82, 2.24) is 0 Å². The predicted octanol–water partition coefficient (Wildman–Crippen LogP) is 6.56. The van der Waals surface area contributed by atoms with Gasteiger partial charge in [0.25, 0.3) is 5.91 Å². The third-order valence-corrected chi connectivity index (χ3v) is 8.31. The number of rotatable bonds is 12. The molecule has 1 N–H and O–H groups in total. The smallest absolute Gasteiger partial charge is 0.306 e. The summed E-state index contributed by atoms with van der Waals surface area (Å²) in [5, 5.41) is 12.1. The molecule has 8 nitrogen and oxygen atoms in total. The Bertz CT molecular complexity index is 1470. The Morgan fingerprint density at radius 3 is 2.51 bits per heavy atom. The Kier molecular flexibility index (Phi) is 9.83. The fourth-order valence-electron chi connectivity index (χ4n) is 5.80. The number of hydrogen-bond acceptors (Lipinski definition) is 7. The first-order valence-corrected chi connectivity index (χ1v) is 15.1. The van der Waals surface area contributed by atoms with Gasteiger partial charge in [-0.3, -0.25) is 9.59 Å². The van der Waals surface area contributed by atoms with Gasteiger partial charge in [0.05, 0.1) is 49.6 Å². The molecule has 1 heterocycles. The molecule has 0 aromatic heterocycles. The van der Waals surface area contributed by atoms with Crippen LogP contribution < -0.4 is 19.7 Å². The normalized spacial score (nSPS) is 15.7. The SMILES string of the molecule is CCOC(=O)CC(c1cccc(OCC2CCN(c3cc(OC)ccc3C(=O)Nc3cccc(C#N)c3)CC2)c1)C1CC1. The first-order chi connectivity index (χ1) is 21.0. The molecule has 8 heteroatoms. The van der Waals surface area contributed by atoms with Crippen LogP contribution in [0.2, 0.25) is 0 Å². The van der Waals surface area contributed by atoms with E-state index in [0.29, 0.717) is 54.0 Å². The summed E-state index contributed by atoms with van der Waals surface area (Å²) in [7, 11) is 1.62. The number of hydrogen-bond donors (Lipinski definition) is 1. The van der Waals surface area contributed by atoms with Crippen molar-refractivity contribution in [2.45, 2.75) is 44.9 Å². The summed E-state index contributed by atoms with van der Waals surface area (Å²) in [5.74, 6) is 2.26. The number of nitrogens with zero attached hydrogens (tertiary/aromatic N) is 2. The number of amides is 1. The lowest BCUT2D eigenvalue weighted by Crippen LogP contribution is -2.36. The van der Waals surface area contributed by atoms with E-state index in [1.165, 1.54) is 0 Å². The van der Waals surface area contributed by atoms with Gasteiger partial charge in [0.1, 0.15) is 11.5 Å². The summed E-state index contributed by atoms with van der Waals surface area (Å²) in [6.45, 7) is 4.43. The van der Waals surface area contributed by atoms with Crippen molar-refractivity contribution >= 4 is 23.3 Å². The number of benzene rings is 3. The second-order valence-electron chi connectivity index (χ2n) is 11.3. The van der Waals surface area contributed by atoms with Crippen molar-refractivity contribution in [2.24, 2.45) is 11.8 Å². The van der Waals surface area contributed by atoms with E-state index in [2.05, 4.69) is 28.4 Å². The first-order valence-electron chi connectivity index (χ1n) is 15.1. The van der Waals surface area contributed by atoms with Gasteiger partial charge in [-0.25, -0.2) is 0 Å². The quantitative estimate of drug-likeness (QED) is 0.242. The van der Waals surface area contributed by atoms with E-state index in [-0.39, 0.29) is 17.8 Å². The number of carbonyl (C=O) groups is 2. The Hall–Kier alpha value is -4.51. The van der Waals surface area contributed by atoms with Gasteiger partial charge in [-0.1, -0.05) is 18.2 Å². The zero-order chi connectivity index (χ0) is 30.2. The topological polar surface area (TPSA) is 101 Å². The van der Waals surface area contributed by atoms with E-state index >= 15 is 0 Å². The molecule has 0 bridgehead atoms. The molecule has 0 spiro atoms. The van der Waals surface area contributed by atoms with Gasteiger partial charge in [-0.05, 0) is 98.4 Å². The van der Waals surface area contributed by atoms with Crippen molar-refractivity contribution in [3.05, 3.63) is 83.4 Å². The molecule has 43 heavy (non-hydrogen) atoms. The Morgan fingerprint density at radius 2 is 1.79 bits per heavy atom. The molecule has 1 aliphatic heterocycles. The Labute approximate surface area is 253 Å². The van der Waals surface area contributed by atoms with Gasteiger partial charge in [0.2, 0.25) is 0 Å². The Morgan fingerprint density at radius 1 is 1.00 bits per heavy atom. The summed E-state index contributed by atoms with van der Waals surface area (Å²) < 4.78 is 17.0. The number of ether oxygens (including phenoxy) is 3. The van der Waals surface area contributed by atoms with E-state index < -0.39 is 0 Å². The van der Waals surface area contributed by atoms with Gasteiger partial charge >= 0.3 is 5.97 Å². The molecule has 3 aromatic carbocycles. The van der Waals surface area contributed by atoms with Crippen LogP contribution >= 0.6 is 0 Å². The zero-order valence-corrected chi connectivity index (χ0v) is 24.9. The highest BCUT2D eigenvalue weighted by Crippen LogP contribution is 2.45. The maximum Gasteiger partial charge on any atom is 0.306 e. The van der Waals surface area contributed by atoms with Crippen molar-refractivity contribution in [2.75, 3.05) is 43.6 Å². The monoisotopic (exact) mass is 581 g/mol. The average molecular weight is 582 g/mol. The summed E-state index contributed by atoms with van der Waals surface area (Å²) in [4.78, 5) is 27.7. The van der Waals surface area contributed by atoms with E-state index in [9.17, 15) is 14.9 Å². The van der Waals surface area contributed by atoms with Crippen LogP contribution in [0.1, 0.15) is 66.4 Å². The molecule has 0 radical (unpaired) electrons. The summed E-state index contributed by atoms with van der Waals surface area (Å²) in [6.07, 6.45) is 4.57.